The summed E-state index contributed by atoms with van der Waals surface area (Å²) in [6.45, 7) is 7.59. The lowest BCUT2D eigenvalue weighted by Crippen LogP contribution is -2.46. The Morgan fingerprint density at radius 3 is 2.49 bits per heavy atom. The second-order valence-electron chi connectivity index (χ2n) is 11.2. The lowest BCUT2D eigenvalue weighted by molar-refractivity contribution is 0.127. The molecule has 2 saturated heterocycles. The summed E-state index contributed by atoms with van der Waals surface area (Å²) in [7, 11) is 0. The van der Waals surface area contributed by atoms with Gasteiger partial charge < -0.3 is 36.7 Å². The molecule has 0 bridgehead atoms. The molecule has 206 valence electrons. The van der Waals surface area contributed by atoms with Gasteiger partial charge in [-0.25, -0.2) is 9.97 Å². The van der Waals surface area contributed by atoms with Gasteiger partial charge in [-0.1, -0.05) is 12.1 Å². The van der Waals surface area contributed by atoms with Gasteiger partial charge in [0.05, 0.1) is 6.04 Å². The average Bonchev–Trinajstić information content (AvgIpc) is 3.29. The Kier molecular flexibility index (Phi) is 7.18. The number of nitrogens with two attached hydrogens (primary N) is 2. The maximum atomic E-state index is 10.3. The molecule has 0 spiro atoms. The van der Waals surface area contributed by atoms with Gasteiger partial charge in [-0.3, -0.25) is 0 Å². The summed E-state index contributed by atoms with van der Waals surface area (Å²) in [6.07, 6.45) is 11.6. The number of benzene rings is 1. The van der Waals surface area contributed by atoms with E-state index in [-0.39, 0.29) is 11.8 Å². The molecular weight excluding hydrogens is 488 g/mol. The smallest absolute Gasteiger partial charge is 0.225 e. The molecule has 0 radical (unpaired) electrons. The van der Waals surface area contributed by atoms with E-state index in [1.165, 1.54) is 31.2 Å². The molecule has 3 aliphatic rings. The molecule has 1 aromatic carbocycles. The van der Waals surface area contributed by atoms with E-state index >= 15 is 0 Å². The number of aromatic hydroxyl groups is 1. The quantitative estimate of drug-likeness (QED) is 0.339. The van der Waals surface area contributed by atoms with E-state index in [0.717, 1.165) is 68.0 Å². The van der Waals surface area contributed by atoms with E-state index in [2.05, 4.69) is 27.0 Å². The van der Waals surface area contributed by atoms with Gasteiger partial charge in [0.1, 0.15) is 11.6 Å². The molecule has 0 saturated carbocycles. The molecule has 2 aromatic heterocycles. The molecular formula is C30H40N8O. The van der Waals surface area contributed by atoms with E-state index in [0.29, 0.717) is 23.0 Å². The van der Waals surface area contributed by atoms with Crippen LogP contribution in [0.4, 0.5) is 11.8 Å². The third-order valence-electron chi connectivity index (χ3n) is 8.94. The van der Waals surface area contributed by atoms with Gasteiger partial charge in [0.25, 0.3) is 0 Å². The minimum Gasteiger partial charge on any atom is -0.507 e. The van der Waals surface area contributed by atoms with Crippen LogP contribution in [-0.4, -0.2) is 63.7 Å². The molecule has 0 aliphatic carbocycles. The minimum absolute atomic E-state index is 0.0183. The van der Waals surface area contributed by atoms with Crippen molar-refractivity contribution in [3.05, 3.63) is 64.6 Å². The topological polar surface area (TPSA) is 132 Å². The van der Waals surface area contributed by atoms with Crippen LogP contribution in [0.15, 0.2) is 36.7 Å². The van der Waals surface area contributed by atoms with Crippen molar-refractivity contribution in [1.29, 1.82) is 0 Å². The first-order valence-electron chi connectivity index (χ1n) is 14.3. The highest BCUT2D eigenvalue weighted by Crippen LogP contribution is 2.39. The molecule has 39 heavy (non-hydrogen) atoms. The fraction of sp³-hybridized carbons (Fsp3) is 0.467. The average molecular weight is 529 g/mol. The van der Waals surface area contributed by atoms with Crippen molar-refractivity contribution in [2.75, 3.05) is 43.4 Å². The number of piperidine rings is 2. The van der Waals surface area contributed by atoms with Crippen molar-refractivity contribution in [2.24, 2.45) is 5.73 Å². The van der Waals surface area contributed by atoms with Crippen LogP contribution >= 0.6 is 0 Å². The Bertz CT molecular complexity index is 1320. The van der Waals surface area contributed by atoms with Gasteiger partial charge >= 0.3 is 0 Å². The summed E-state index contributed by atoms with van der Waals surface area (Å²) >= 11 is 0. The van der Waals surface area contributed by atoms with Gasteiger partial charge in [-0.05, 0) is 88.5 Å². The molecule has 9 nitrogen and oxygen atoms in total. The second-order valence-corrected chi connectivity index (χ2v) is 11.2. The number of nitrogen functional groups attached to an aromatic ring is 1. The monoisotopic (exact) mass is 528 g/mol. The number of fused-ring (bicyclic) bond motifs is 1. The lowest BCUT2D eigenvalue weighted by atomic mass is 9.89. The molecule has 9 heteroatoms. The normalized spacial score (nSPS) is 21.7. The molecule has 1 atom stereocenters. The summed E-state index contributed by atoms with van der Waals surface area (Å²) in [5.41, 5.74) is 18.2. The van der Waals surface area contributed by atoms with Crippen LogP contribution in [0.2, 0.25) is 0 Å². The van der Waals surface area contributed by atoms with Crippen LogP contribution in [-0.2, 0) is 6.42 Å². The van der Waals surface area contributed by atoms with E-state index in [9.17, 15) is 5.11 Å². The molecule has 1 unspecified atom stereocenters. The van der Waals surface area contributed by atoms with Crippen molar-refractivity contribution in [2.45, 2.75) is 57.0 Å². The number of hydrogen-bond acceptors (Lipinski definition) is 8. The fourth-order valence-electron chi connectivity index (χ4n) is 6.70. The molecule has 2 fully saturated rings. The second kappa shape index (κ2) is 10.9. The van der Waals surface area contributed by atoms with Crippen LogP contribution < -0.4 is 21.7 Å². The first kappa shape index (κ1) is 25.7. The maximum Gasteiger partial charge on any atom is 0.225 e. The number of rotatable bonds is 5. The van der Waals surface area contributed by atoms with Gasteiger partial charge in [0, 0.05) is 59.5 Å². The number of nitrogens with zero attached hydrogens (tertiary/aromatic N) is 4. The summed E-state index contributed by atoms with van der Waals surface area (Å²) in [5, 5.41) is 13.7. The van der Waals surface area contributed by atoms with Gasteiger partial charge in [-0.2, -0.15) is 0 Å². The number of H-pyrrole nitrogens is 1. The zero-order chi connectivity index (χ0) is 26.9. The molecule has 3 aromatic rings. The number of likely N-dealkylation sites (tertiary alicyclic amines) is 1. The van der Waals surface area contributed by atoms with Crippen molar-refractivity contribution < 1.29 is 5.11 Å². The Morgan fingerprint density at radius 2 is 1.77 bits per heavy atom. The SMILES string of the molecule is CC1c2c([nH]c(N)c2/C=C(\N)c2ccccc2O)CCN1c1ncc(C2CCN(C3CCNCC3)CC2)cn1. The number of hydrogen-bond donors (Lipinski definition) is 5. The molecule has 5 heterocycles. The maximum absolute atomic E-state index is 10.3. The number of nitrogens with one attached hydrogen (secondary N) is 2. The van der Waals surface area contributed by atoms with Crippen LogP contribution in [0, 0.1) is 0 Å². The largest absolute Gasteiger partial charge is 0.507 e. The van der Waals surface area contributed by atoms with Crippen LogP contribution in [0.25, 0.3) is 11.8 Å². The summed E-state index contributed by atoms with van der Waals surface area (Å²) < 4.78 is 0. The first-order valence-corrected chi connectivity index (χ1v) is 14.3. The number of aromatic nitrogens is 3. The van der Waals surface area contributed by atoms with E-state index < -0.39 is 0 Å². The standard InChI is InChI=1S/C30H40N8O/c1-19-28-24(16-25(31)23-4-2-3-5-27(23)39)29(32)36-26(28)10-15-38(19)30-34-17-21(18-35-30)20-8-13-37(14-9-20)22-6-11-33-12-7-22/h2-5,16-20,22,33,36,39H,6-15,31-32H2,1H3/b25-16-. The van der Waals surface area contributed by atoms with Crippen molar-refractivity contribution in [3.63, 3.8) is 0 Å². The highest BCUT2D eigenvalue weighted by molar-refractivity contribution is 5.86. The summed E-state index contributed by atoms with van der Waals surface area (Å²) in [5.74, 6) is 2.00. The molecule has 6 rings (SSSR count). The molecule has 3 aliphatic heterocycles. The number of para-hydroxylation sites is 1. The Morgan fingerprint density at radius 1 is 1.05 bits per heavy atom. The number of phenolic OH excluding ortho intramolecular Hbond substituents is 1. The zero-order valence-electron chi connectivity index (χ0n) is 22.7. The highest BCUT2D eigenvalue weighted by Gasteiger charge is 2.31. The van der Waals surface area contributed by atoms with E-state index in [4.69, 9.17) is 21.4 Å². The van der Waals surface area contributed by atoms with Crippen molar-refractivity contribution >= 4 is 23.5 Å². The third kappa shape index (κ3) is 5.08. The van der Waals surface area contributed by atoms with Gasteiger partial charge in [-0.15, -0.1) is 0 Å². The number of anilines is 2. The summed E-state index contributed by atoms with van der Waals surface area (Å²) in [4.78, 5) is 18.0. The molecule has 0 amide bonds. The predicted molar refractivity (Wildman–Crippen MR) is 156 cm³/mol. The number of phenols is 1. The zero-order valence-corrected chi connectivity index (χ0v) is 22.7. The van der Waals surface area contributed by atoms with Crippen molar-refractivity contribution in [3.8, 4) is 5.75 Å². The van der Waals surface area contributed by atoms with Crippen LogP contribution in [0.5, 0.6) is 5.75 Å². The Hall–Kier alpha value is -3.56. The van der Waals surface area contributed by atoms with E-state index in [1.54, 1.807) is 18.2 Å². The van der Waals surface area contributed by atoms with Gasteiger partial charge in [0.2, 0.25) is 5.95 Å². The summed E-state index contributed by atoms with van der Waals surface area (Å²) in [6, 6.07) is 7.84. The Labute approximate surface area is 230 Å². The van der Waals surface area contributed by atoms with Gasteiger partial charge in [0.15, 0.2) is 0 Å². The first-order chi connectivity index (χ1) is 19.0. The van der Waals surface area contributed by atoms with Crippen LogP contribution in [0.1, 0.15) is 72.5 Å². The predicted octanol–water partition coefficient (Wildman–Crippen LogP) is 3.60. The highest BCUT2D eigenvalue weighted by atomic mass is 16.3. The lowest BCUT2D eigenvalue weighted by Gasteiger charge is -2.39. The van der Waals surface area contributed by atoms with Crippen molar-refractivity contribution in [1.82, 2.24) is 25.2 Å². The number of aromatic amines is 1. The van der Waals surface area contributed by atoms with Crippen LogP contribution in [0.3, 0.4) is 0 Å². The molecule has 7 N–H and O–H groups in total. The third-order valence-corrected chi connectivity index (χ3v) is 8.94. The minimum atomic E-state index is 0.0183. The fourth-order valence-corrected chi connectivity index (χ4v) is 6.70. The van der Waals surface area contributed by atoms with E-state index in [1.807, 2.05) is 24.5 Å². The Balaban J connectivity index is 1.17.